The fourth-order valence-corrected chi connectivity index (χ4v) is 3.59. The molecule has 0 aliphatic carbocycles. The van der Waals surface area contributed by atoms with Crippen LogP contribution < -0.4 is 5.32 Å². The Morgan fingerprint density at radius 2 is 1.95 bits per heavy atom. The summed E-state index contributed by atoms with van der Waals surface area (Å²) < 4.78 is 1.70. The zero-order valence-corrected chi connectivity index (χ0v) is 15.0. The molecule has 0 saturated carbocycles. The summed E-state index contributed by atoms with van der Waals surface area (Å²) in [5.74, 6) is 0.339. The van der Waals surface area contributed by atoms with Gasteiger partial charge in [-0.1, -0.05) is 42.6 Å². The van der Waals surface area contributed by atoms with Crippen LogP contribution in [0.4, 0.5) is 0 Å². The van der Waals surface area contributed by atoms with E-state index >= 15 is 0 Å². The summed E-state index contributed by atoms with van der Waals surface area (Å²) in [5, 5.41) is 2.87. The molecule has 0 heterocycles. The summed E-state index contributed by atoms with van der Waals surface area (Å²) in [6, 6.07) is 5.48. The van der Waals surface area contributed by atoms with E-state index in [9.17, 15) is 4.79 Å². The van der Waals surface area contributed by atoms with Crippen molar-refractivity contribution in [3.63, 3.8) is 0 Å². The van der Waals surface area contributed by atoms with Gasteiger partial charge in [0.25, 0.3) is 5.91 Å². The first kappa shape index (κ1) is 17.0. The average Bonchev–Trinajstić information content (AvgIpc) is 2.37. The van der Waals surface area contributed by atoms with E-state index in [4.69, 9.17) is 11.6 Å². The molecule has 0 aliphatic heterocycles. The van der Waals surface area contributed by atoms with Crippen LogP contribution in [-0.2, 0) is 0 Å². The van der Waals surface area contributed by atoms with E-state index in [1.54, 1.807) is 6.07 Å². The third-order valence-electron chi connectivity index (χ3n) is 3.19. The molecule has 2 nitrogen and oxygen atoms in total. The largest absolute Gasteiger partial charge is 0.351 e. The molecule has 1 amide bonds. The van der Waals surface area contributed by atoms with Crippen LogP contribution >= 0.6 is 43.5 Å². The molecule has 1 N–H and O–H groups in total. The zero-order valence-electron chi connectivity index (χ0n) is 11.1. The Morgan fingerprint density at radius 3 is 2.47 bits per heavy atom. The summed E-state index contributed by atoms with van der Waals surface area (Å²) >= 11 is 13.1. The second-order valence-corrected chi connectivity index (χ2v) is 6.76. The average molecular weight is 412 g/mol. The second-order valence-electron chi connectivity index (χ2n) is 4.43. The van der Waals surface area contributed by atoms with Gasteiger partial charge in [-0.3, -0.25) is 4.79 Å². The lowest BCUT2D eigenvalue weighted by molar-refractivity contribution is 0.0951. The third kappa shape index (κ3) is 5.09. The Bertz CT molecular complexity index is 435. The third-order valence-corrected chi connectivity index (χ3v) is 4.85. The standard InChI is InChI=1S/C14H18Br2ClNO/c1-3-9(4-2)13(17)8-18-14(19)11-6-5-10(15)7-12(11)16/h5-7,9,13H,3-4,8H2,1-2H3,(H,18,19). The van der Waals surface area contributed by atoms with Crippen LogP contribution in [0, 0.1) is 5.92 Å². The van der Waals surface area contributed by atoms with Crippen LogP contribution in [0.15, 0.2) is 27.1 Å². The normalized spacial score (nSPS) is 12.5. The number of halogens is 3. The Balaban J connectivity index is 2.60. The van der Waals surface area contributed by atoms with Crippen molar-refractivity contribution in [2.24, 2.45) is 5.92 Å². The highest BCUT2D eigenvalue weighted by atomic mass is 79.9. The highest BCUT2D eigenvalue weighted by Gasteiger charge is 2.17. The monoisotopic (exact) mass is 409 g/mol. The number of carbonyl (C=O) groups is 1. The van der Waals surface area contributed by atoms with Crippen LogP contribution in [-0.4, -0.2) is 17.8 Å². The van der Waals surface area contributed by atoms with Crippen LogP contribution in [0.3, 0.4) is 0 Å². The number of alkyl halides is 1. The van der Waals surface area contributed by atoms with E-state index in [1.165, 1.54) is 0 Å². The molecular formula is C14H18Br2ClNO. The van der Waals surface area contributed by atoms with E-state index < -0.39 is 0 Å². The van der Waals surface area contributed by atoms with Gasteiger partial charge >= 0.3 is 0 Å². The number of amides is 1. The predicted molar refractivity (Wildman–Crippen MR) is 87.9 cm³/mol. The van der Waals surface area contributed by atoms with Crippen LogP contribution in [0.2, 0.25) is 0 Å². The van der Waals surface area contributed by atoms with E-state index in [2.05, 4.69) is 51.0 Å². The predicted octanol–water partition coefficient (Wildman–Crippen LogP) is 4.99. The first-order valence-electron chi connectivity index (χ1n) is 6.36. The Hall–Kier alpha value is -0.0600. The van der Waals surface area contributed by atoms with Crippen molar-refractivity contribution in [3.05, 3.63) is 32.7 Å². The fraction of sp³-hybridized carbons (Fsp3) is 0.500. The Labute approximate surface area is 136 Å². The molecule has 0 aliphatic rings. The molecule has 1 aromatic carbocycles. The number of nitrogens with one attached hydrogen (secondary N) is 1. The minimum absolute atomic E-state index is 0.0202. The number of hydrogen-bond acceptors (Lipinski definition) is 1. The number of hydrogen-bond donors (Lipinski definition) is 1. The van der Waals surface area contributed by atoms with E-state index in [-0.39, 0.29) is 11.3 Å². The highest BCUT2D eigenvalue weighted by Crippen LogP contribution is 2.22. The van der Waals surface area contributed by atoms with Crippen molar-refractivity contribution in [2.45, 2.75) is 32.1 Å². The second kappa shape index (κ2) is 8.28. The van der Waals surface area contributed by atoms with Crippen molar-refractivity contribution in [3.8, 4) is 0 Å². The number of rotatable bonds is 6. The van der Waals surface area contributed by atoms with Gasteiger partial charge in [-0.2, -0.15) is 0 Å². The van der Waals surface area contributed by atoms with Crippen molar-refractivity contribution < 1.29 is 4.79 Å². The van der Waals surface area contributed by atoms with Gasteiger partial charge in [0, 0.05) is 15.5 Å². The van der Waals surface area contributed by atoms with E-state index in [1.807, 2.05) is 12.1 Å². The Morgan fingerprint density at radius 1 is 1.32 bits per heavy atom. The van der Waals surface area contributed by atoms with Gasteiger partial charge in [-0.25, -0.2) is 0 Å². The highest BCUT2D eigenvalue weighted by molar-refractivity contribution is 9.11. The molecule has 106 valence electrons. The van der Waals surface area contributed by atoms with Crippen molar-refractivity contribution in [1.29, 1.82) is 0 Å². The molecule has 0 fully saturated rings. The lowest BCUT2D eigenvalue weighted by Gasteiger charge is -2.19. The molecule has 1 aromatic rings. The molecule has 1 atom stereocenters. The summed E-state index contributed by atoms with van der Waals surface area (Å²) in [6.07, 6.45) is 2.06. The molecule has 1 rings (SSSR count). The lowest BCUT2D eigenvalue weighted by Crippen LogP contribution is -2.33. The summed E-state index contributed by atoms with van der Waals surface area (Å²) in [4.78, 5) is 12.1. The maximum Gasteiger partial charge on any atom is 0.252 e. The molecule has 19 heavy (non-hydrogen) atoms. The quantitative estimate of drug-likeness (QED) is 0.657. The molecule has 0 spiro atoms. The van der Waals surface area contributed by atoms with Gasteiger partial charge in [-0.15, -0.1) is 11.6 Å². The van der Waals surface area contributed by atoms with Crippen LogP contribution in [0.1, 0.15) is 37.0 Å². The molecule has 0 aromatic heterocycles. The minimum Gasteiger partial charge on any atom is -0.351 e. The molecule has 0 bridgehead atoms. The SMILES string of the molecule is CCC(CC)C(Cl)CNC(=O)c1ccc(Br)cc1Br. The van der Waals surface area contributed by atoms with E-state index in [0.717, 1.165) is 21.8 Å². The molecule has 0 radical (unpaired) electrons. The topological polar surface area (TPSA) is 29.1 Å². The van der Waals surface area contributed by atoms with Crippen LogP contribution in [0.25, 0.3) is 0 Å². The first-order valence-corrected chi connectivity index (χ1v) is 8.39. The molecule has 5 heteroatoms. The fourth-order valence-electron chi connectivity index (χ4n) is 1.93. The smallest absolute Gasteiger partial charge is 0.252 e. The molecule has 0 saturated heterocycles. The zero-order chi connectivity index (χ0) is 14.4. The van der Waals surface area contributed by atoms with E-state index in [0.29, 0.717) is 18.0 Å². The summed E-state index contributed by atoms with van der Waals surface area (Å²) in [7, 11) is 0. The minimum atomic E-state index is -0.101. The van der Waals surface area contributed by atoms with Gasteiger partial charge in [0.1, 0.15) is 0 Å². The van der Waals surface area contributed by atoms with Gasteiger partial charge in [0.2, 0.25) is 0 Å². The van der Waals surface area contributed by atoms with Gasteiger partial charge in [0.05, 0.1) is 10.9 Å². The van der Waals surface area contributed by atoms with Crippen LogP contribution in [0.5, 0.6) is 0 Å². The van der Waals surface area contributed by atoms with Crippen molar-refractivity contribution in [1.82, 2.24) is 5.32 Å². The maximum absolute atomic E-state index is 12.1. The molecular weight excluding hydrogens is 393 g/mol. The maximum atomic E-state index is 12.1. The summed E-state index contributed by atoms with van der Waals surface area (Å²) in [5.41, 5.74) is 0.622. The van der Waals surface area contributed by atoms with Gasteiger partial charge < -0.3 is 5.32 Å². The lowest BCUT2D eigenvalue weighted by atomic mass is 9.99. The summed E-state index contributed by atoms with van der Waals surface area (Å²) in [6.45, 7) is 4.74. The number of benzene rings is 1. The van der Waals surface area contributed by atoms with Gasteiger partial charge in [-0.05, 0) is 40.0 Å². The van der Waals surface area contributed by atoms with Crippen molar-refractivity contribution in [2.75, 3.05) is 6.54 Å². The van der Waals surface area contributed by atoms with Gasteiger partial charge in [0.15, 0.2) is 0 Å². The van der Waals surface area contributed by atoms with Crippen molar-refractivity contribution >= 4 is 49.4 Å². The molecule has 1 unspecified atom stereocenters. The number of carbonyl (C=O) groups excluding carboxylic acids is 1. The first-order chi connectivity index (χ1) is 8.99. The Kier molecular flexibility index (Phi) is 7.40.